The molecule has 5 nitrogen and oxygen atoms in total. The molecule has 0 atom stereocenters. The number of unbranched alkanes of at least 4 members (excludes halogenated alkanes) is 2. The number of rotatable bonds is 12. The highest BCUT2D eigenvalue weighted by atomic mass is 16.6. The van der Waals surface area contributed by atoms with E-state index in [0.29, 0.717) is 12.3 Å². The molecule has 0 aromatic rings. The van der Waals surface area contributed by atoms with Crippen LogP contribution in [0.1, 0.15) is 58.8 Å². The van der Waals surface area contributed by atoms with Gasteiger partial charge in [0.1, 0.15) is 11.9 Å². The van der Waals surface area contributed by atoms with E-state index in [1.807, 2.05) is 0 Å². The maximum Gasteiger partial charge on any atom is 0.306 e. The Bertz CT molecular complexity index is 271. The second-order valence-electron chi connectivity index (χ2n) is 5.51. The van der Waals surface area contributed by atoms with Gasteiger partial charge in [-0.2, -0.15) is 0 Å². The van der Waals surface area contributed by atoms with Gasteiger partial charge in [-0.3, -0.25) is 9.59 Å². The Morgan fingerprint density at radius 2 is 1.60 bits per heavy atom. The lowest BCUT2D eigenvalue weighted by Gasteiger charge is -2.12. The number of hydrogen-bond acceptors (Lipinski definition) is 5. The van der Waals surface area contributed by atoms with Crippen molar-refractivity contribution in [3.05, 3.63) is 0 Å². The summed E-state index contributed by atoms with van der Waals surface area (Å²) in [6.45, 7) is 3.55. The highest BCUT2D eigenvalue weighted by Crippen LogP contribution is 2.10. The largest absolute Gasteiger partial charge is 0.457 e. The van der Waals surface area contributed by atoms with Gasteiger partial charge < -0.3 is 14.9 Å². The molecule has 0 spiro atoms. The van der Waals surface area contributed by atoms with Gasteiger partial charge in [-0.05, 0) is 12.3 Å². The molecule has 0 fully saturated rings. The molecule has 0 aliphatic heterocycles. The zero-order chi connectivity index (χ0) is 15.4. The van der Waals surface area contributed by atoms with Gasteiger partial charge >= 0.3 is 5.97 Å². The van der Waals surface area contributed by atoms with E-state index in [2.05, 4.69) is 13.8 Å². The molecule has 0 aromatic carbocycles. The number of carbonyl (C=O) groups is 2. The first-order valence-corrected chi connectivity index (χ1v) is 7.42. The molecule has 0 bridgehead atoms. The number of carbonyl (C=O) groups excluding carboxylic acids is 2. The molecule has 0 rings (SSSR count). The summed E-state index contributed by atoms with van der Waals surface area (Å²) in [5.74, 6) is 0.216. The molecule has 0 aliphatic carbocycles. The second kappa shape index (κ2) is 11.9. The van der Waals surface area contributed by atoms with E-state index in [0.717, 1.165) is 19.3 Å². The summed E-state index contributed by atoms with van der Waals surface area (Å²) in [4.78, 5) is 22.9. The number of ketones is 1. The van der Waals surface area contributed by atoms with Gasteiger partial charge in [-0.15, -0.1) is 0 Å². The summed E-state index contributed by atoms with van der Waals surface area (Å²) in [6, 6.07) is 0. The van der Waals surface area contributed by atoms with Crippen LogP contribution in [0.25, 0.3) is 0 Å². The molecule has 0 saturated heterocycles. The van der Waals surface area contributed by atoms with Gasteiger partial charge in [0, 0.05) is 12.8 Å². The molecule has 20 heavy (non-hydrogen) atoms. The Kier molecular flexibility index (Phi) is 11.3. The monoisotopic (exact) mass is 288 g/mol. The van der Waals surface area contributed by atoms with E-state index in [1.54, 1.807) is 0 Å². The maximum absolute atomic E-state index is 11.6. The number of aliphatic hydroxyl groups excluding tert-OH is 2. The summed E-state index contributed by atoms with van der Waals surface area (Å²) >= 11 is 0. The van der Waals surface area contributed by atoms with E-state index < -0.39 is 25.3 Å². The summed E-state index contributed by atoms with van der Waals surface area (Å²) in [5.41, 5.74) is 0. The Morgan fingerprint density at radius 1 is 0.950 bits per heavy atom. The normalized spacial score (nSPS) is 11.1. The average Bonchev–Trinajstić information content (AvgIpc) is 2.41. The minimum absolute atomic E-state index is 0.0152. The van der Waals surface area contributed by atoms with Gasteiger partial charge in [0.15, 0.2) is 0 Å². The van der Waals surface area contributed by atoms with E-state index >= 15 is 0 Å². The van der Waals surface area contributed by atoms with Gasteiger partial charge in [-0.1, -0.05) is 33.1 Å². The van der Waals surface area contributed by atoms with Crippen molar-refractivity contribution in [1.82, 2.24) is 0 Å². The third-order valence-electron chi connectivity index (χ3n) is 3.05. The van der Waals surface area contributed by atoms with Gasteiger partial charge in [0.2, 0.25) is 0 Å². The Hall–Kier alpha value is -0.940. The van der Waals surface area contributed by atoms with Crippen LogP contribution in [0.4, 0.5) is 0 Å². The lowest BCUT2D eigenvalue weighted by atomic mass is 10.0. The molecular formula is C15H28O5. The Morgan fingerprint density at radius 3 is 2.15 bits per heavy atom. The summed E-state index contributed by atoms with van der Waals surface area (Å²) in [5, 5.41) is 17.5. The van der Waals surface area contributed by atoms with Crippen molar-refractivity contribution in [2.24, 2.45) is 5.92 Å². The number of esters is 1. The van der Waals surface area contributed by atoms with Crippen molar-refractivity contribution in [2.75, 3.05) is 13.2 Å². The van der Waals surface area contributed by atoms with Crippen LogP contribution in [0, 0.1) is 5.92 Å². The number of hydrogen-bond donors (Lipinski definition) is 2. The SMILES string of the molecule is CC(C)CCCCCC(=O)CCC(=O)OC(CO)CO. The molecule has 0 saturated carbocycles. The molecule has 0 unspecified atom stereocenters. The standard InChI is InChI=1S/C15H28O5/c1-12(2)6-4-3-5-7-13(18)8-9-15(19)20-14(10-16)11-17/h12,14,16-17H,3-11H2,1-2H3. The minimum atomic E-state index is -0.881. The topological polar surface area (TPSA) is 83.8 Å². The van der Waals surface area contributed by atoms with E-state index in [4.69, 9.17) is 14.9 Å². The van der Waals surface area contributed by atoms with Crippen LogP contribution in [-0.2, 0) is 14.3 Å². The van der Waals surface area contributed by atoms with Crippen LogP contribution in [-0.4, -0.2) is 41.3 Å². The quantitative estimate of drug-likeness (QED) is 0.423. The lowest BCUT2D eigenvalue weighted by Crippen LogP contribution is -2.25. The smallest absolute Gasteiger partial charge is 0.306 e. The summed E-state index contributed by atoms with van der Waals surface area (Å²) < 4.78 is 4.78. The van der Waals surface area contributed by atoms with Crippen molar-refractivity contribution in [3.8, 4) is 0 Å². The fourth-order valence-electron chi connectivity index (χ4n) is 1.80. The highest BCUT2D eigenvalue weighted by Gasteiger charge is 2.13. The van der Waals surface area contributed by atoms with Crippen LogP contribution in [0.2, 0.25) is 0 Å². The zero-order valence-electron chi connectivity index (χ0n) is 12.6. The van der Waals surface area contributed by atoms with Gasteiger partial charge in [0.25, 0.3) is 0 Å². The average molecular weight is 288 g/mol. The van der Waals surface area contributed by atoms with Crippen LogP contribution in [0.5, 0.6) is 0 Å². The van der Waals surface area contributed by atoms with Crippen LogP contribution < -0.4 is 0 Å². The fourth-order valence-corrected chi connectivity index (χ4v) is 1.80. The van der Waals surface area contributed by atoms with Gasteiger partial charge in [-0.25, -0.2) is 0 Å². The van der Waals surface area contributed by atoms with E-state index in [1.165, 1.54) is 6.42 Å². The van der Waals surface area contributed by atoms with Crippen molar-refractivity contribution >= 4 is 11.8 Å². The predicted molar refractivity (Wildman–Crippen MR) is 76.2 cm³/mol. The van der Waals surface area contributed by atoms with Crippen LogP contribution in [0.15, 0.2) is 0 Å². The third-order valence-corrected chi connectivity index (χ3v) is 3.05. The number of ether oxygens (including phenoxy) is 1. The molecule has 0 amide bonds. The van der Waals surface area contributed by atoms with Crippen molar-refractivity contribution < 1.29 is 24.5 Å². The van der Waals surface area contributed by atoms with Crippen LogP contribution >= 0.6 is 0 Å². The first-order valence-electron chi connectivity index (χ1n) is 7.42. The fraction of sp³-hybridized carbons (Fsp3) is 0.867. The zero-order valence-corrected chi connectivity index (χ0v) is 12.6. The summed E-state index contributed by atoms with van der Waals surface area (Å²) in [6.07, 6.45) is 4.06. The molecule has 0 heterocycles. The number of Topliss-reactive ketones (excluding diaryl/α,β-unsaturated/α-hetero) is 1. The van der Waals surface area contributed by atoms with Crippen molar-refractivity contribution in [1.29, 1.82) is 0 Å². The lowest BCUT2D eigenvalue weighted by molar-refractivity contribution is -0.154. The molecule has 5 heteroatoms. The Labute approximate surface area is 121 Å². The molecule has 0 aliphatic rings. The molecular weight excluding hydrogens is 260 g/mol. The van der Waals surface area contributed by atoms with Gasteiger partial charge in [0.05, 0.1) is 19.6 Å². The van der Waals surface area contributed by atoms with E-state index in [-0.39, 0.29) is 18.6 Å². The first-order chi connectivity index (χ1) is 9.49. The molecule has 0 aromatic heterocycles. The maximum atomic E-state index is 11.6. The highest BCUT2D eigenvalue weighted by molar-refractivity contribution is 5.82. The molecule has 2 N–H and O–H groups in total. The van der Waals surface area contributed by atoms with E-state index in [9.17, 15) is 9.59 Å². The minimum Gasteiger partial charge on any atom is -0.457 e. The third kappa shape index (κ3) is 10.9. The Balaban J connectivity index is 3.59. The number of aliphatic hydroxyl groups is 2. The van der Waals surface area contributed by atoms with Crippen molar-refractivity contribution in [2.45, 2.75) is 64.9 Å². The predicted octanol–water partition coefficient (Wildman–Crippen LogP) is 1.84. The van der Waals surface area contributed by atoms with Crippen LogP contribution in [0.3, 0.4) is 0 Å². The molecule has 118 valence electrons. The summed E-state index contributed by atoms with van der Waals surface area (Å²) in [7, 11) is 0. The first kappa shape index (κ1) is 19.1. The second-order valence-corrected chi connectivity index (χ2v) is 5.51. The molecule has 0 radical (unpaired) electrons. The van der Waals surface area contributed by atoms with Crippen molar-refractivity contribution in [3.63, 3.8) is 0 Å².